The average molecular weight is 517 g/mol. The molecule has 12 heteroatoms. The third-order valence-electron chi connectivity index (χ3n) is 5.69. The summed E-state index contributed by atoms with van der Waals surface area (Å²) in [6.07, 6.45) is -2.06. The normalized spacial score (nSPS) is 19.3. The molecule has 0 unspecified atom stereocenters. The van der Waals surface area contributed by atoms with Crippen LogP contribution in [0.5, 0.6) is 0 Å². The summed E-state index contributed by atoms with van der Waals surface area (Å²) in [6.45, 7) is 4.46. The summed E-state index contributed by atoms with van der Waals surface area (Å²) in [5.74, 6) is -2.63. The van der Waals surface area contributed by atoms with E-state index in [4.69, 9.17) is 10.5 Å². The zero-order chi connectivity index (χ0) is 26.6. The smallest absolute Gasteiger partial charge is 0.417 e. The lowest BCUT2D eigenvalue weighted by Gasteiger charge is -2.25. The standard InChI is InChI=1S/C24H28N4O7S/c1-14-9-11-18(12-10-14)36(33,34)27-15(2)23(31)28-20(16(3)35-24(28)32)22(30)26-19(21(25)29)13-17-7-5-4-6-8-17/h4-12,15-16,19-20,27H,13H2,1-3H3,(H2,25,29)(H,26,30)/t15-,16+,19-,20-/m0/s1. The molecule has 192 valence electrons. The van der Waals surface area contributed by atoms with Crippen LogP contribution in [0.4, 0.5) is 4.79 Å². The minimum absolute atomic E-state index is 0.0652. The van der Waals surface area contributed by atoms with Crippen LogP contribution in [-0.2, 0) is 35.6 Å². The van der Waals surface area contributed by atoms with E-state index in [-0.39, 0.29) is 11.3 Å². The molecule has 4 N–H and O–H groups in total. The Morgan fingerprint density at radius 2 is 1.69 bits per heavy atom. The van der Waals surface area contributed by atoms with Crippen LogP contribution in [0, 0.1) is 6.92 Å². The van der Waals surface area contributed by atoms with Crippen molar-refractivity contribution in [3.05, 3.63) is 65.7 Å². The Kier molecular flexibility index (Phi) is 8.10. The van der Waals surface area contributed by atoms with Crippen LogP contribution in [0.15, 0.2) is 59.5 Å². The van der Waals surface area contributed by atoms with Crippen molar-refractivity contribution in [2.45, 2.75) is 56.3 Å². The number of amides is 4. The summed E-state index contributed by atoms with van der Waals surface area (Å²) in [6, 6.07) is 10.9. The number of carbonyl (C=O) groups excluding carboxylic acids is 4. The summed E-state index contributed by atoms with van der Waals surface area (Å²) in [5.41, 5.74) is 7.05. The molecule has 1 aliphatic rings. The molecule has 1 saturated heterocycles. The van der Waals surface area contributed by atoms with Crippen LogP contribution in [0.25, 0.3) is 0 Å². The van der Waals surface area contributed by atoms with Gasteiger partial charge in [-0.15, -0.1) is 0 Å². The maximum absolute atomic E-state index is 13.1. The van der Waals surface area contributed by atoms with Crippen molar-refractivity contribution in [2.75, 3.05) is 0 Å². The molecule has 36 heavy (non-hydrogen) atoms. The number of imide groups is 1. The highest BCUT2D eigenvalue weighted by atomic mass is 32.2. The molecule has 1 aliphatic heterocycles. The van der Waals surface area contributed by atoms with Gasteiger partial charge in [-0.05, 0) is 38.5 Å². The highest BCUT2D eigenvalue weighted by Crippen LogP contribution is 2.22. The van der Waals surface area contributed by atoms with Gasteiger partial charge in [0.15, 0.2) is 6.04 Å². The van der Waals surface area contributed by atoms with Gasteiger partial charge < -0.3 is 15.8 Å². The van der Waals surface area contributed by atoms with Crippen molar-refractivity contribution >= 4 is 33.8 Å². The third kappa shape index (κ3) is 6.07. The Labute approximate surface area is 209 Å². The minimum Gasteiger partial charge on any atom is -0.443 e. The van der Waals surface area contributed by atoms with E-state index in [0.717, 1.165) is 11.1 Å². The zero-order valence-electron chi connectivity index (χ0n) is 20.0. The van der Waals surface area contributed by atoms with Crippen molar-refractivity contribution in [1.29, 1.82) is 0 Å². The topological polar surface area (TPSA) is 165 Å². The molecule has 0 aromatic heterocycles. The van der Waals surface area contributed by atoms with Gasteiger partial charge in [-0.3, -0.25) is 14.4 Å². The molecular weight excluding hydrogens is 488 g/mol. The van der Waals surface area contributed by atoms with Crippen molar-refractivity contribution in [3.8, 4) is 0 Å². The minimum atomic E-state index is -4.10. The SMILES string of the molecule is Cc1ccc(S(=O)(=O)N[C@@H](C)C(=O)N2C(=O)O[C@H](C)[C@H]2C(=O)N[C@@H](Cc2ccccc2)C(N)=O)cc1. The number of primary amides is 1. The maximum Gasteiger partial charge on any atom is 0.417 e. The van der Waals surface area contributed by atoms with E-state index in [0.29, 0.717) is 4.90 Å². The first-order valence-electron chi connectivity index (χ1n) is 11.2. The van der Waals surface area contributed by atoms with Crippen LogP contribution in [-0.4, -0.2) is 61.4 Å². The molecule has 1 fully saturated rings. The van der Waals surface area contributed by atoms with Gasteiger partial charge in [0.1, 0.15) is 12.1 Å². The molecule has 4 atom stereocenters. The van der Waals surface area contributed by atoms with Gasteiger partial charge >= 0.3 is 6.09 Å². The van der Waals surface area contributed by atoms with E-state index in [1.165, 1.54) is 26.0 Å². The highest BCUT2D eigenvalue weighted by Gasteiger charge is 2.49. The van der Waals surface area contributed by atoms with E-state index in [1.54, 1.807) is 49.4 Å². The molecular formula is C24H28N4O7S. The molecule has 2 aromatic rings. The summed E-state index contributed by atoms with van der Waals surface area (Å²) >= 11 is 0. The number of hydrogen-bond acceptors (Lipinski definition) is 7. The number of nitrogens with one attached hydrogen (secondary N) is 2. The van der Waals surface area contributed by atoms with Crippen molar-refractivity contribution in [3.63, 3.8) is 0 Å². The maximum atomic E-state index is 13.1. The van der Waals surface area contributed by atoms with Crippen molar-refractivity contribution in [2.24, 2.45) is 5.73 Å². The number of carbonyl (C=O) groups is 4. The Morgan fingerprint density at radius 1 is 1.08 bits per heavy atom. The predicted octanol–water partition coefficient (Wildman–Crippen LogP) is 0.611. The second kappa shape index (κ2) is 10.9. The second-order valence-electron chi connectivity index (χ2n) is 8.55. The zero-order valence-corrected chi connectivity index (χ0v) is 20.8. The number of sulfonamides is 1. The summed E-state index contributed by atoms with van der Waals surface area (Å²) in [7, 11) is -4.10. The number of nitrogens with zero attached hydrogens (tertiary/aromatic N) is 1. The van der Waals surface area contributed by atoms with E-state index in [2.05, 4.69) is 10.0 Å². The van der Waals surface area contributed by atoms with E-state index >= 15 is 0 Å². The molecule has 11 nitrogen and oxygen atoms in total. The molecule has 2 aromatic carbocycles. The highest BCUT2D eigenvalue weighted by molar-refractivity contribution is 7.89. The fourth-order valence-corrected chi connectivity index (χ4v) is 4.96. The van der Waals surface area contributed by atoms with Crippen molar-refractivity contribution in [1.82, 2.24) is 14.9 Å². The lowest BCUT2D eigenvalue weighted by Crippen LogP contribution is -2.58. The van der Waals surface area contributed by atoms with Gasteiger partial charge in [-0.1, -0.05) is 48.0 Å². The number of rotatable bonds is 9. The third-order valence-corrected chi connectivity index (χ3v) is 7.25. The van der Waals surface area contributed by atoms with Gasteiger partial charge in [-0.2, -0.15) is 4.72 Å². The molecule has 1 heterocycles. The Morgan fingerprint density at radius 3 is 2.28 bits per heavy atom. The van der Waals surface area contributed by atoms with Crippen LogP contribution >= 0.6 is 0 Å². The lowest BCUT2D eigenvalue weighted by molar-refractivity contribution is -0.138. The van der Waals surface area contributed by atoms with E-state index in [9.17, 15) is 27.6 Å². The summed E-state index contributed by atoms with van der Waals surface area (Å²) < 4.78 is 32.7. The number of cyclic esters (lactones) is 1. The van der Waals surface area contributed by atoms with E-state index in [1.807, 2.05) is 0 Å². The molecule has 4 amide bonds. The van der Waals surface area contributed by atoms with Crippen LogP contribution in [0.1, 0.15) is 25.0 Å². The Balaban J connectivity index is 1.77. The van der Waals surface area contributed by atoms with Crippen LogP contribution in [0.3, 0.4) is 0 Å². The number of benzene rings is 2. The quantitative estimate of drug-likeness (QED) is 0.439. The lowest BCUT2D eigenvalue weighted by atomic mass is 10.0. The van der Waals surface area contributed by atoms with Gasteiger partial charge in [0, 0.05) is 6.42 Å². The van der Waals surface area contributed by atoms with Gasteiger partial charge in [0.25, 0.3) is 5.91 Å². The Hall–Kier alpha value is -3.77. The number of hydrogen-bond donors (Lipinski definition) is 3. The first kappa shape index (κ1) is 26.8. The second-order valence-corrected chi connectivity index (χ2v) is 10.3. The fourth-order valence-electron chi connectivity index (χ4n) is 3.77. The van der Waals surface area contributed by atoms with Gasteiger partial charge in [0.2, 0.25) is 21.8 Å². The molecule has 0 saturated carbocycles. The van der Waals surface area contributed by atoms with E-state index < -0.39 is 58.1 Å². The van der Waals surface area contributed by atoms with Crippen LogP contribution in [0.2, 0.25) is 0 Å². The molecule has 0 aliphatic carbocycles. The molecule has 3 rings (SSSR count). The van der Waals surface area contributed by atoms with Gasteiger partial charge in [0.05, 0.1) is 10.9 Å². The Bertz CT molecular complexity index is 1250. The largest absolute Gasteiger partial charge is 0.443 e. The molecule has 0 bridgehead atoms. The molecule has 0 spiro atoms. The number of nitrogens with two attached hydrogens (primary N) is 1. The first-order chi connectivity index (χ1) is 16.9. The first-order valence-corrected chi connectivity index (χ1v) is 12.7. The number of aryl methyl sites for hydroxylation is 1. The number of ether oxygens (including phenoxy) is 1. The fraction of sp³-hybridized carbons (Fsp3) is 0.333. The predicted molar refractivity (Wildman–Crippen MR) is 129 cm³/mol. The molecule has 0 radical (unpaired) electrons. The summed E-state index contributed by atoms with van der Waals surface area (Å²) in [5, 5.41) is 2.48. The van der Waals surface area contributed by atoms with Gasteiger partial charge in [-0.25, -0.2) is 18.1 Å². The monoisotopic (exact) mass is 516 g/mol. The average Bonchev–Trinajstić information content (AvgIpc) is 3.12. The summed E-state index contributed by atoms with van der Waals surface area (Å²) in [4.78, 5) is 51.2. The van der Waals surface area contributed by atoms with Crippen LogP contribution < -0.4 is 15.8 Å². The van der Waals surface area contributed by atoms with Crippen molar-refractivity contribution < 1.29 is 32.3 Å².